The van der Waals surface area contributed by atoms with Crippen LogP contribution in [0, 0.1) is 17.2 Å². The molecule has 2 rings (SSSR count). The molecule has 0 saturated carbocycles. The first-order valence-corrected chi connectivity index (χ1v) is 11.0. The minimum absolute atomic E-state index is 0.0536. The number of halogens is 1. The highest BCUT2D eigenvalue weighted by Gasteiger charge is 2.23. The third-order valence-corrected chi connectivity index (χ3v) is 5.49. The quantitative estimate of drug-likeness (QED) is 0.193. The molecule has 0 amide bonds. The fourth-order valence-electron chi connectivity index (χ4n) is 2.92. The molecule has 0 N–H and O–H groups in total. The number of carbonyl (C=O) groups is 2. The highest BCUT2D eigenvalue weighted by Crippen LogP contribution is 2.23. The zero-order valence-corrected chi connectivity index (χ0v) is 18.9. The normalized spacial score (nSPS) is 11.6. The van der Waals surface area contributed by atoms with Crippen molar-refractivity contribution < 1.29 is 19.1 Å². The van der Waals surface area contributed by atoms with E-state index in [1.807, 2.05) is 18.2 Å². The Bertz CT molecular complexity index is 932. The lowest BCUT2D eigenvalue weighted by atomic mass is 10.1. The van der Waals surface area contributed by atoms with Gasteiger partial charge in [-0.15, -0.1) is 11.6 Å². The van der Waals surface area contributed by atoms with Gasteiger partial charge in [0.05, 0.1) is 11.1 Å². The van der Waals surface area contributed by atoms with Crippen LogP contribution in [0.2, 0.25) is 0 Å². The van der Waals surface area contributed by atoms with Gasteiger partial charge in [-0.1, -0.05) is 52.2 Å². The summed E-state index contributed by atoms with van der Waals surface area (Å²) in [6.07, 6.45) is 5.80. The van der Waals surface area contributed by atoms with Crippen LogP contribution < -0.4 is 9.47 Å². The average molecular weight is 442 g/mol. The Morgan fingerprint density at radius 2 is 1.74 bits per heavy atom. The first kappa shape index (κ1) is 24.4. The lowest BCUT2D eigenvalue weighted by Crippen LogP contribution is -2.25. The highest BCUT2D eigenvalue weighted by molar-refractivity contribution is 6.30. The third-order valence-electron chi connectivity index (χ3n) is 4.81. The number of aryl methyl sites for hydroxylation is 1. The average Bonchev–Trinajstić information content (AvgIpc) is 2.77. The number of esters is 2. The minimum Gasteiger partial charge on any atom is -0.424 e. The number of hydrogen-bond donors (Lipinski definition) is 0. The van der Waals surface area contributed by atoms with Crippen molar-refractivity contribution in [3.05, 3.63) is 59.2 Å². The van der Waals surface area contributed by atoms with Gasteiger partial charge in [0.1, 0.15) is 22.9 Å². The van der Waals surface area contributed by atoms with Crippen molar-refractivity contribution in [1.29, 1.82) is 5.26 Å². The van der Waals surface area contributed by atoms with Gasteiger partial charge in [0.15, 0.2) is 0 Å². The predicted octanol–water partition coefficient (Wildman–Crippen LogP) is 6.07. The molecule has 5 nitrogen and oxygen atoms in total. The number of benzene rings is 2. The van der Waals surface area contributed by atoms with Gasteiger partial charge < -0.3 is 9.47 Å². The third kappa shape index (κ3) is 7.41. The van der Waals surface area contributed by atoms with E-state index in [1.54, 1.807) is 26.0 Å². The van der Waals surface area contributed by atoms with Crippen LogP contribution in [0.4, 0.5) is 0 Å². The van der Waals surface area contributed by atoms with Gasteiger partial charge in [-0.3, -0.25) is 4.79 Å². The van der Waals surface area contributed by atoms with E-state index in [9.17, 15) is 14.9 Å². The summed E-state index contributed by atoms with van der Waals surface area (Å²) in [4.78, 5) is 24.5. The number of nitriles is 1. The van der Waals surface area contributed by atoms with Gasteiger partial charge in [-0.25, -0.2) is 4.79 Å². The monoisotopic (exact) mass is 441 g/mol. The number of ether oxygens (including phenoxy) is 2. The molecule has 0 aliphatic carbocycles. The summed E-state index contributed by atoms with van der Waals surface area (Å²) in [5, 5.41) is 8.56. The van der Waals surface area contributed by atoms with E-state index in [0.29, 0.717) is 5.75 Å². The maximum atomic E-state index is 12.5. The highest BCUT2D eigenvalue weighted by atomic mass is 35.5. The van der Waals surface area contributed by atoms with Crippen LogP contribution in [-0.2, 0) is 11.2 Å². The van der Waals surface area contributed by atoms with Gasteiger partial charge in [0.25, 0.3) is 0 Å². The number of hydrogen-bond acceptors (Lipinski definition) is 5. The van der Waals surface area contributed by atoms with E-state index >= 15 is 0 Å². The van der Waals surface area contributed by atoms with Crippen molar-refractivity contribution in [2.24, 2.45) is 5.92 Å². The Hall–Kier alpha value is -2.84. The van der Waals surface area contributed by atoms with Crippen molar-refractivity contribution in [3.8, 4) is 17.6 Å². The number of carbonyl (C=O) groups excluding carboxylic acids is 2. The second-order valence-corrected chi connectivity index (χ2v) is 8.20. The molecule has 31 heavy (non-hydrogen) atoms. The Kier molecular flexibility index (Phi) is 9.55. The molecule has 2 aromatic carbocycles. The molecule has 2 aromatic rings. The van der Waals surface area contributed by atoms with Gasteiger partial charge in [0, 0.05) is 0 Å². The van der Waals surface area contributed by atoms with Crippen LogP contribution in [0.5, 0.6) is 11.5 Å². The Labute approximate surface area is 188 Å². The van der Waals surface area contributed by atoms with Crippen LogP contribution in [-0.4, -0.2) is 17.3 Å². The van der Waals surface area contributed by atoms with E-state index in [-0.39, 0.29) is 22.8 Å². The summed E-state index contributed by atoms with van der Waals surface area (Å²) in [6, 6.07) is 13.6. The summed E-state index contributed by atoms with van der Waals surface area (Å²) in [6.45, 7) is 5.77. The molecule has 164 valence electrons. The predicted molar refractivity (Wildman–Crippen MR) is 121 cm³/mol. The molecule has 0 spiro atoms. The van der Waals surface area contributed by atoms with E-state index in [0.717, 1.165) is 12.8 Å². The Morgan fingerprint density at radius 3 is 2.35 bits per heavy atom. The SMILES string of the molecule is CCCCCCc1ccc(OC(=O)c2ccc(OC(=O)C(Cl)C(C)C)c(C#N)c2)cc1. The van der Waals surface area contributed by atoms with E-state index in [4.69, 9.17) is 21.1 Å². The van der Waals surface area contributed by atoms with Crippen molar-refractivity contribution in [2.75, 3.05) is 0 Å². The van der Waals surface area contributed by atoms with Crippen molar-refractivity contribution in [1.82, 2.24) is 0 Å². The number of nitrogens with zero attached hydrogens (tertiary/aromatic N) is 1. The lowest BCUT2D eigenvalue weighted by Gasteiger charge is -2.13. The summed E-state index contributed by atoms with van der Waals surface area (Å²) in [7, 11) is 0. The molecular weight excluding hydrogens is 414 g/mol. The molecule has 0 aliphatic rings. The van der Waals surface area contributed by atoms with Gasteiger partial charge >= 0.3 is 11.9 Å². The molecule has 0 heterocycles. The summed E-state index contributed by atoms with van der Waals surface area (Å²) < 4.78 is 10.6. The summed E-state index contributed by atoms with van der Waals surface area (Å²) >= 11 is 6.01. The topological polar surface area (TPSA) is 76.4 Å². The van der Waals surface area contributed by atoms with Crippen LogP contribution in [0.15, 0.2) is 42.5 Å². The summed E-state index contributed by atoms with van der Waals surface area (Å²) in [5.41, 5.74) is 1.44. The molecule has 0 aliphatic heterocycles. The molecule has 0 saturated heterocycles. The number of rotatable bonds is 10. The first-order chi connectivity index (χ1) is 14.8. The molecule has 0 radical (unpaired) electrons. The fourth-order valence-corrected chi connectivity index (χ4v) is 2.96. The number of unbranched alkanes of at least 4 members (excludes halogenated alkanes) is 3. The maximum Gasteiger partial charge on any atom is 0.343 e. The summed E-state index contributed by atoms with van der Waals surface area (Å²) in [5.74, 6) is -0.863. The molecular formula is C25H28ClNO4. The maximum absolute atomic E-state index is 12.5. The molecule has 1 atom stereocenters. The second-order valence-electron chi connectivity index (χ2n) is 7.73. The van der Waals surface area contributed by atoms with Crippen molar-refractivity contribution >= 4 is 23.5 Å². The zero-order valence-electron chi connectivity index (χ0n) is 18.2. The van der Waals surface area contributed by atoms with Gasteiger partial charge in [-0.2, -0.15) is 5.26 Å². The van der Waals surface area contributed by atoms with Crippen LogP contribution >= 0.6 is 11.6 Å². The lowest BCUT2D eigenvalue weighted by molar-refractivity contribution is -0.134. The fraction of sp³-hybridized carbons (Fsp3) is 0.400. The zero-order chi connectivity index (χ0) is 22.8. The molecule has 0 bridgehead atoms. The van der Waals surface area contributed by atoms with E-state index in [2.05, 4.69) is 6.92 Å². The largest absolute Gasteiger partial charge is 0.424 e. The van der Waals surface area contributed by atoms with E-state index < -0.39 is 17.3 Å². The smallest absolute Gasteiger partial charge is 0.343 e. The van der Waals surface area contributed by atoms with Gasteiger partial charge in [0.2, 0.25) is 0 Å². The van der Waals surface area contributed by atoms with Crippen LogP contribution in [0.3, 0.4) is 0 Å². The molecule has 0 aromatic heterocycles. The van der Waals surface area contributed by atoms with E-state index in [1.165, 1.54) is 43.0 Å². The molecule has 0 fully saturated rings. The minimum atomic E-state index is -0.828. The van der Waals surface area contributed by atoms with Crippen LogP contribution in [0.1, 0.15) is 67.9 Å². The Morgan fingerprint density at radius 1 is 1.03 bits per heavy atom. The molecule has 6 heteroatoms. The van der Waals surface area contributed by atoms with Crippen molar-refractivity contribution in [3.63, 3.8) is 0 Å². The second kappa shape index (κ2) is 12.1. The molecule has 1 unspecified atom stereocenters. The first-order valence-electron chi connectivity index (χ1n) is 10.6. The van der Waals surface area contributed by atoms with Gasteiger partial charge in [-0.05, 0) is 54.7 Å². The van der Waals surface area contributed by atoms with Crippen LogP contribution in [0.25, 0.3) is 0 Å². The standard InChI is InChI=1S/C25H28ClNO4/c1-4-5-6-7-8-18-9-12-21(13-10-18)30-24(28)19-11-14-22(20(15-19)16-27)31-25(29)23(26)17(2)3/h9-15,17,23H,4-8H2,1-3H3. The number of alkyl halides is 1. The van der Waals surface area contributed by atoms with Crippen molar-refractivity contribution in [2.45, 2.75) is 58.3 Å². The Balaban J connectivity index is 2.02.